The first-order valence-corrected chi connectivity index (χ1v) is 4.86. The van der Waals surface area contributed by atoms with E-state index < -0.39 is 11.4 Å². The quantitative estimate of drug-likeness (QED) is 0.689. The fourth-order valence-electron chi connectivity index (χ4n) is 0.892. The molecule has 0 aliphatic carbocycles. The lowest BCUT2D eigenvalue weighted by molar-refractivity contribution is -0.130. The summed E-state index contributed by atoms with van der Waals surface area (Å²) in [7, 11) is 0. The highest BCUT2D eigenvalue weighted by molar-refractivity contribution is 5.89. The summed E-state index contributed by atoms with van der Waals surface area (Å²) in [6, 6.07) is 0. The van der Waals surface area contributed by atoms with E-state index >= 15 is 0 Å². The predicted molar refractivity (Wildman–Crippen MR) is 55.5 cm³/mol. The van der Waals surface area contributed by atoms with Gasteiger partial charge in [0.2, 0.25) is 11.8 Å². The Morgan fingerprint density at radius 2 is 1.86 bits per heavy atom. The lowest BCUT2D eigenvalue weighted by Crippen LogP contribution is -2.52. The number of hydrogen-bond donors (Lipinski definition) is 2. The van der Waals surface area contributed by atoms with Crippen molar-refractivity contribution in [3.05, 3.63) is 0 Å². The van der Waals surface area contributed by atoms with Gasteiger partial charge in [-0.15, -0.1) is 0 Å². The average molecular weight is 200 g/mol. The summed E-state index contributed by atoms with van der Waals surface area (Å²) in [4.78, 5) is 22.3. The molecule has 0 aromatic heterocycles. The summed E-state index contributed by atoms with van der Waals surface area (Å²) in [5.74, 6) is -0.157. The molecule has 14 heavy (non-hydrogen) atoms. The van der Waals surface area contributed by atoms with E-state index in [1.54, 1.807) is 13.8 Å². The van der Waals surface area contributed by atoms with Crippen LogP contribution in [-0.2, 0) is 9.59 Å². The molecule has 0 fully saturated rings. The molecule has 4 heteroatoms. The van der Waals surface area contributed by atoms with Gasteiger partial charge < -0.3 is 11.1 Å². The molecule has 0 aliphatic heterocycles. The summed E-state index contributed by atoms with van der Waals surface area (Å²) in [6.07, 6.45) is 1.26. The van der Waals surface area contributed by atoms with Crippen LogP contribution in [0.5, 0.6) is 0 Å². The maximum atomic E-state index is 11.3. The third-order valence-corrected chi connectivity index (χ3v) is 2.02. The minimum atomic E-state index is -0.950. The number of carbonyl (C=O) groups is 2. The van der Waals surface area contributed by atoms with Gasteiger partial charge in [0.1, 0.15) is 5.54 Å². The zero-order valence-corrected chi connectivity index (χ0v) is 9.39. The minimum Gasteiger partial charge on any atom is -0.368 e. The maximum absolute atomic E-state index is 11.3. The Kier molecular flexibility index (Phi) is 4.60. The van der Waals surface area contributed by atoms with Gasteiger partial charge in [-0.25, -0.2) is 0 Å². The first kappa shape index (κ1) is 12.9. The molecular weight excluding hydrogens is 180 g/mol. The number of hydrogen-bond acceptors (Lipinski definition) is 2. The van der Waals surface area contributed by atoms with Gasteiger partial charge in [0.25, 0.3) is 0 Å². The summed E-state index contributed by atoms with van der Waals surface area (Å²) >= 11 is 0. The summed E-state index contributed by atoms with van der Waals surface area (Å²) in [5.41, 5.74) is 4.17. The zero-order chi connectivity index (χ0) is 11.4. The first-order chi connectivity index (χ1) is 6.25. The second-order valence-electron chi connectivity index (χ2n) is 4.47. The molecule has 0 aromatic rings. The van der Waals surface area contributed by atoms with Crippen LogP contribution in [0.1, 0.15) is 40.5 Å². The molecule has 0 unspecified atom stereocenters. The van der Waals surface area contributed by atoms with Crippen molar-refractivity contribution in [1.82, 2.24) is 5.32 Å². The molecule has 0 radical (unpaired) electrons. The number of nitrogens with one attached hydrogen (secondary N) is 1. The van der Waals surface area contributed by atoms with Crippen LogP contribution in [0.2, 0.25) is 0 Å². The second kappa shape index (κ2) is 4.98. The molecule has 0 heterocycles. The maximum Gasteiger partial charge on any atom is 0.242 e. The van der Waals surface area contributed by atoms with Gasteiger partial charge in [-0.3, -0.25) is 9.59 Å². The third-order valence-electron chi connectivity index (χ3n) is 2.02. The summed E-state index contributed by atoms with van der Waals surface area (Å²) in [6.45, 7) is 7.30. The minimum absolute atomic E-state index is 0.123. The lowest BCUT2D eigenvalue weighted by Gasteiger charge is -2.22. The van der Waals surface area contributed by atoms with Crippen LogP contribution in [0.25, 0.3) is 0 Å². The fraction of sp³-hybridized carbons (Fsp3) is 0.800. The van der Waals surface area contributed by atoms with Crippen molar-refractivity contribution in [2.75, 3.05) is 0 Å². The Morgan fingerprint density at radius 1 is 1.36 bits per heavy atom. The van der Waals surface area contributed by atoms with Gasteiger partial charge in [0.05, 0.1) is 0 Å². The fourth-order valence-corrected chi connectivity index (χ4v) is 0.892. The number of carbonyl (C=O) groups excluding carboxylic acids is 2. The molecule has 0 saturated heterocycles. The molecule has 0 bridgehead atoms. The van der Waals surface area contributed by atoms with Crippen molar-refractivity contribution in [3.63, 3.8) is 0 Å². The van der Waals surface area contributed by atoms with Gasteiger partial charge in [-0.1, -0.05) is 13.8 Å². The van der Waals surface area contributed by atoms with E-state index in [2.05, 4.69) is 5.32 Å². The Bertz CT molecular complexity index is 222. The Labute approximate surface area is 85.2 Å². The van der Waals surface area contributed by atoms with E-state index in [-0.39, 0.29) is 5.91 Å². The van der Waals surface area contributed by atoms with E-state index in [1.165, 1.54) is 0 Å². The SMILES string of the molecule is CC(C)CCC(=O)NC(C)(C)C(N)=O. The summed E-state index contributed by atoms with van der Waals surface area (Å²) in [5, 5.41) is 2.60. The Morgan fingerprint density at radius 3 is 2.21 bits per heavy atom. The molecule has 0 aliphatic rings. The number of rotatable bonds is 5. The largest absolute Gasteiger partial charge is 0.368 e. The topological polar surface area (TPSA) is 72.2 Å². The number of primary amides is 1. The van der Waals surface area contributed by atoms with E-state index in [1.807, 2.05) is 13.8 Å². The lowest BCUT2D eigenvalue weighted by atomic mass is 10.0. The standard InChI is InChI=1S/C10H20N2O2/c1-7(2)5-6-8(13)12-10(3,4)9(11)14/h7H,5-6H2,1-4H3,(H2,11,14)(H,12,13). The van der Waals surface area contributed by atoms with Gasteiger partial charge in [-0.05, 0) is 26.2 Å². The molecule has 3 N–H and O–H groups in total. The molecule has 2 amide bonds. The first-order valence-electron chi connectivity index (χ1n) is 4.86. The monoisotopic (exact) mass is 200 g/mol. The van der Waals surface area contributed by atoms with E-state index in [9.17, 15) is 9.59 Å². The summed E-state index contributed by atoms with van der Waals surface area (Å²) < 4.78 is 0. The predicted octanol–water partition coefficient (Wildman–Crippen LogP) is 0.803. The second-order valence-corrected chi connectivity index (χ2v) is 4.47. The number of amides is 2. The number of nitrogens with two attached hydrogens (primary N) is 1. The van der Waals surface area contributed by atoms with Gasteiger partial charge in [0.15, 0.2) is 0 Å². The molecular formula is C10H20N2O2. The van der Waals surface area contributed by atoms with Crippen molar-refractivity contribution in [2.24, 2.45) is 11.7 Å². The van der Waals surface area contributed by atoms with Gasteiger partial charge in [-0.2, -0.15) is 0 Å². The van der Waals surface area contributed by atoms with Crippen molar-refractivity contribution in [1.29, 1.82) is 0 Å². The average Bonchev–Trinajstić information content (AvgIpc) is 1.99. The molecule has 0 atom stereocenters. The van der Waals surface area contributed by atoms with Crippen molar-refractivity contribution < 1.29 is 9.59 Å². The normalized spacial score (nSPS) is 11.5. The van der Waals surface area contributed by atoms with Crippen LogP contribution in [0, 0.1) is 5.92 Å². The van der Waals surface area contributed by atoms with Crippen LogP contribution < -0.4 is 11.1 Å². The van der Waals surface area contributed by atoms with Crippen LogP contribution >= 0.6 is 0 Å². The highest BCUT2D eigenvalue weighted by atomic mass is 16.2. The third kappa shape index (κ3) is 4.84. The van der Waals surface area contributed by atoms with Crippen LogP contribution in [0.15, 0.2) is 0 Å². The molecule has 0 rings (SSSR count). The molecule has 4 nitrogen and oxygen atoms in total. The van der Waals surface area contributed by atoms with E-state index in [4.69, 9.17) is 5.73 Å². The Balaban J connectivity index is 4.00. The van der Waals surface area contributed by atoms with Crippen molar-refractivity contribution in [3.8, 4) is 0 Å². The van der Waals surface area contributed by atoms with E-state index in [0.29, 0.717) is 12.3 Å². The van der Waals surface area contributed by atoms with Crippen LogP contribution in [-0.4, -0.2) is 17.4 Å². The van der Waals surface area contributed by atoms with Gasteiger partial charge in [0, 0.05) is 6.42 Å². The molecule has 0 spiro atoms. The molecule has 0 aromatic carbocycles. The smallest absolute Gasteiger partial charge is 0.242 e. The van der Waals surface area contributed by atoms with Crippen LogP contribution in [0.4, 0.5) is 0 Å². The van der Waals surface area contributed by atoms with Crippen LogP contribution in [0.3, 0.4) is 0 Å². The Hall–Kier alpha value is -1.06. The highest BCUT2D eigenvalue weighted by Gasteiger charge is 2.26. The molecule has 82 valence electrons. The highest BCUT2D eigenvalue weighted by Crippen LogP contribution is 2.06. The zero-order valence-electron chi connectivity index (χ0n) is 9.39. The van der Waals surface area contributed by atoms with Crippen molar-refractivity contribution >= 4 is 11.8 Å². The van der Waals surface area contributed by atoms with Crippen molar-refractivity contribution in [2.45, 2.75) is 46.1 Å². The van der Waals surface area contributed by atoms with E-state index in [0.717, 1.165) is 6.42 Å². The van der Waals surface area contributed by atoms with Gasteiger partial charge >= 0.3 is 0 Å². The molecule has 0 saturated carbocycles.